The first-order valence-electron chi connectivity index (χ1n) is 5.40. The average Bonchev–Trinajstić information content (AvgIpc) is 2.10. The molecule has 0 radical (unpaired) electrons. The quantitative estimate of drug-likeness (QED) is 0.615. The van der Waals surface area contributed by atoms with E-state index >= 15 is 0 Å². The zero-order valence-electron chi connectivity index (χ0n) is 10.0. The van der Waals surface area contributed by atoms with Crippen LogP contribution in [-0.2, 0) is 0 Å². The van der Waals surface area contributed by atoms with Gasteiger partial charge in [0.25, 0.3) is 0 Å². The summed E-state index contributed by atoms with van der Waals surface area (Å²) in [5.74, 6) is -8.07. The minimum absolute atomic E-state index is 0.297. The Morgan fingerprint density at radius 3 is 1.42 bits per heavy atom. The first-order chi connectivity index (χ1) is 8.20. The van der Waals surface area contributed by atoms with Crippen molar-refractivity contribution in [3.8, 4) is 0 Å². The van der Waals surface area contributed by atoms with Crippen molar-refractivity contribution in [3.63, 3.8) is 0 Å². The summed E-state index contributed by atoms with van der Waals surface area (Å²) < 4.78 is 112. The van der Waals surface area contributed by atoms with Crippen molar-refractivity contribution in [3.05, 3.63) is 0 Å². The van der Waals surface area contributed by atoms with Crippen LogP contribution < -0.4 is 0 Å². The lowest BCUT2D eigenvalue weighted by molar-refractivity contribution is -0.285. The van der Waals surface area contributed by atoms with E-state index in [0.717, 1.165) is 6.92 Å². The summed E-state index contributed by atoms with van der Waals surface area (Å²) in [7, 11) is 0. The molecule has 19 heavy (non-hydrogen) atoms. The maximum atomic E-state index is 12.6. The van der Waals surface area contributed by atoms with Crippen LogP contribution in [0.3, 0.4) is 0 Å². The van der Waals surface area contributed by atoms with E-state index in [0.29, 0.717) is 0 Å². The zero-order valence-corrected chi connectivity index (χ0v) is 10.0. The van der Waals surface area contributed by atoms with Gasteiger partial charge in [-0.15, -0.1) is 0 Å². The Hall–Kier alpha value is -0.630. The fraction of sp³-hybridized carbons (Fsp3) is 1.00. The highest BCUT2D eigenvalue weighted by atomic mass is 19.4. The van der Waals surface area contributed by atoms with E-state index in [-0.39, 0.29) is 6.42 Å². The van der Waals surface area contributed by atoms with Gasteiger partial charge in [0.2, 0.25) is 0 Å². The molecule has 0 aliphatic heterocycles. The molecule has 3 atom stereocenters. The van der Waals surface area contributed by atoms with Crippen LogP contribution in [0.15, 0.2) is 0 Å². The lowest BCUT2D eigenvalue weighted by atomic mass is 9.78. The van der Waals surface area contributed by atoms with Crippen molar-refractivity contribution in [1.82, 2.24) is 0 Å². The molecule has 0 spiro atoms. The SMILES string of the molecule is CCC(C)C(C(CC(F)(F)F)C(F)(F)F)C(F)(F)F. The Kier molecular flexibility index (Phi) is 5.59. The van der Waals surface area contributed by atoms with Crippen LogP contribution in [0.4, 0.5) is 39.5 Å². The van der Waals surface area contributed by atoms with Crippen LogP contribution in [-0.4, -0.2) is 18.5 Å². The maximum Gasteiger partial charge on any atom is 0.392 e. The van der Waals surface area contributed by atoms with Crippen molar-refractivity contribution >= 4 is 0 Å². The third-order valence-corrected chi connectivity index (χ3v) is 2.94. The Balaban J connectivity index is 5.51. The van der Waals surface area contributed by atoms with E-state index < -0.39 is 42.7 Å². The second-order valence-corrected chi connectivity index (χ2v) is 4.42. The highest BCUT2D eigenvalue weighted by Crippen LogP contribution is 2.49. The van der Waals surface area contributed by atoms with Crippen LogP contribution in [0.25, 0.3) is 0 Å². The standard InChI is InChI=1S/C10H13F9/c1-3-5(2)7(10(17,18)19)6(9(14,15)16)4-8(11,12)13/h5-7H,3-4H2,1-2H3. The van der Waals surface area contributed by atoms with Gasteiger partial charge in [0.1, 0.15) is 0 Å². The molecule has 0 aromatic heterocycles. The molecule has 0 saturated carbocycles. The molecule has 0 aliphatic rings. The van der Waals surface area contributed by atoms with E-state index in [2.05, 4.69) is 0 Å². The number of alkyl halides is 9. The third-order valence-electron chi connectivity index (χ3n) is 2.94. The summed E-state index contributed by atoms with van der Waals surface area (Å²) in [6, 6.07) is 0. The summed E-state index contributed by atoms with van der Waals surface area (Å²) >= 11 is 0. The molecule has 0 aliphatic carbocycles. The van der Waals surface area contributed by atoms with Crippen molar-refractivity contribution in [2.45, 2.75) is 45.2 Å². The van der Waals surface area contributed by atoms with E-state index in [1.54, 1.807) is 0 Å². The molecular formula is C10H13F9. The fourth-order valence-corrected chi connectivity index (χ4v) is 1.90. The highest BCUT2D eigenvalue weighted by molar-refractivity contribution is 4.86. The van der Waals surface area contributed by atoms with Gasteiger partial charge in [-0.05, 0) is 5.92 Å². The van der Waals surface area contributed by atoms with Crippen LogP contribution in [0, 0.1) is 17.8 Å². The number of halogens is 9. The molecule has 116 valence electrons. The molecule has 9 heteroatoms. The second kappa shape index (κ2) is 5.78. The van der Waals surface area contributed by atoms with Gasteiger partial charge in [-0.2, -0.15) is 39.5 Å². The summed E-state index contributed by atoms with van der Waals surface area (Å²) in [6.07, 6.45) is -19.0. The fourth-order valence-electron chi connectivity index (χ4n) is 1.90. The third kappa shape index (κ3) is 5.90. The van der Waals surface area contributed by atoms with Gasteiger partial charge >= 0.3 is 18.5 Å². The van der Waals surface area contributed by atoms with Crippen molar-refractivity contribution in [1.29, 1.82) is 0 Å². The van der Waals surface area contributed by atoms with E-state index in [1.807, 2.05) is 0 Å². The molecule has 0 aromatic carbocycles. The first-order valence-corrected chi connectivity index (χ1v) is 5.40. The predicted molar refractivity (Wildman–Crippen MR) is 49.2 cm³/mol. The van der Waals surface area contributed by atoms with Gasteiger partial charge in [-0.1, -0.05) is 20.3 Å². The maximum absolute atomic E-state index is 12.6. The molecule has 0 fully saturated rings. The van der Waals surface area contributed by atoms with Gasteiger partial charge in [-0.25, -0.2) is 0 Å². The summed E-state index contributed by atoms with van der Waals surface area (Å²) in [5.41, 5.74) is 0. The molecule has 3 unspecified atom stereocenters. The number of hydrogen-bond donors (Lipinski definition) is 0. The number of rotatable bonds is 4. The lowest BCUT2D eigenvalue weighted by Gasteiger charge is -2.34. The van der Waals surface area contributed by atoms with Crippen molar-refractivity contribution in [2.24, 2.45) is 17.8 Å². The molecule has 0 saturated heterocycles. The molecule has 0 heterocycles. The van der Waals surface area contributed by atoms with Gasteiger partial charge < -0.3 is 0 Å². The first kappa shape index (κ1) is 18.4. The van der Waals surface area contributed by atoms with Crippen LogP contribution in [0.1, 0.15) is 26.7 Å². The van der Waals surface area contributed by atoms with Gasteiger partial charge in [0.15, 0.2) is 0 Å². The van der Waals surface area contributed by atoms with Gasteiger partial charge in [0.05, 0.1) is 18.3 Å². The van der Waals surface area contributed by atoms with E-state index in [1.165, 1.54) is 6.92 Å². The summed E-state index contributed by atoms with van der Waals surface area (Å²) in [4.78, 5) is 0. The number of hydrogen-bond acceptors (Lipinski definition) is 0. The van der Waals surface area contributed by atoms with Crippen molar-refractivity contribution in [2.75, 3.05) is 0 Å². The van der Waals surface area contributed by atoms with Gasteiger partial charge in [0, 0.05) is 0 Å². The van der Waals surface area contributed by atoms with Crippen LogP contribution >= 0.6 is 0 Å². The minimum Gasteiger partial charge on any atom is -0.171 e. The normalized spacial score (nSPS) is 19.1. The smallest absolute Gasteiger partial charge is 0.171 e. The van der Waals surface area contributed by atoms with Crippen LogP contribution in [0.2, 0.25) is 0 Å². The molecular weight excluding hydrogens is 291 g/mol. The Labute approximate surface area is 104 Å². The van der Waals surface area contributed by atoms with Crippen molar-refractivity contribution < 1.29 is 39.5 Å². The largest absolute Gasteiger partial charge is 0.392 e. The molecule has 0 rings (SSSR count). The summed E-state index contributed by atoms with van der Waals surface area (Å²) in [5, 5.41) is 0. The highest BCUT2D eigenvalue weighted by Gasteiger charge is 2.59. The lowest BCUT2D eigenvalue weighted by Crippen LogP contribution is -2.44. The monoisotopic (exact) mass is 304 g/mol. The van der Waals surface area contributed by atoms with Crippen LogP contribution in [0.5, 0.6) is 0 Å². The van der Waals surface area contributed by atoms with E-state index in [4.69, 9.17) is 0 Å². The van der Waals surface area contributed by atoms with E-state index in [9.17, 15) is 39.5 Å². The molecule has 0 bridgehead atoms. The summed E-state index contributed by atoms with van der Waals surface area (Å²) in [6.45, 7) is 2.07. The minimum atomic E-state index is -5.56. The Morgan fingerprint density at radius 2 is 1.21 bits per heavy atom. The molecule has 0 nitrogen and oxygen atoms in total. The average molecular weight is 304 g/mol. The Morgan fingerprint density at radius 1 is 0.789 bits per heavy atom. The van der Waals surface area contributed by atoms with Gasteiger partial charge in [-0.3, -0.25) is 0 Å². The molecule has 0 aromatic rings. The Bertz CT molecular complexity index is 272. The second-order valence-electron chi connectivity index (χ2n) is 4.42. The zero-order chi connectivity index (χ0) is 15.6. The topological polar surface area (TPSA) is 0 Å². The molecule has 0 N–H and O–H groups in total. The predicted octanol–water partition coefficient (Wildman–Crippen LogP) is 5.34. The molecule has 0 amide bonds.